The molecule has 1 heterocycles. The van der Waals surface area contributed by atoms with Crippen LogP contribution in [0.3, 0.4) is 0 Å². The molecule has 5 nitrogen and oxygen atoms in total. The van der Waals surface area contributed by atoms with E-state index in [2.05, 4.69) is 25.6 Å². The number of hydrogen-bond acceptors (Lipinski definition) is 4. The normalized spacial score (nSPS) is 11.3. The van der Waals surface area contributed by atoms with E-state index in [-0.39, 0.29) is 17.3 Å². The molecular formula is C12H11BrFN3O2S. The fourth-order valence-corrected chi connectivity index (χ4v) is 3.37. The van der Waals surface area contributed by atoms with Crippen molar-refractivity contribution in [1.29, 1.82) is 0 Å². The Kier molecular flexibility index (Phi) is 4.36. The number of hydrogen-bond donors (Lipinski definition) is 2. The first-order valence-corrected chi connectivity index (χ1v) is 7.83. The van der Waals surface area contributed by atoms with Gasteiger partial charge in [0.25, 0.3) is 10.0 Å². The number of pyridine rings is 1. The zero-order valence-electron chi connectivity index (χ0n) is 10.2. The molecule has 0 saturated carbocycles. The summed E-state index contributed by atoms with van der Waals surface area (Å²) < 4.78 is 40.6. The average molecular weight is 360 g/mol. The largest absolute Gasteiger partial charge is 0.326 e. The van der Waals surface area contributed by atoms with E-state index in [1.807, 2.05) is 0 Å². The van der Waals surface area contributed by atoms with Crippen LogP contribution in [0, 0.1) is 5.82 Å². The Hall–Kier alpha value is -1.51. The molecule has 0 aliphatic rings. The summed E-state index contributed by atoms with van der Waals surface area (Å²) in [6.45, 7) is -0.0140. The van der Waals surface area contributed by atoms with Crippen molar-refractivity contribution in [3.05, 3.63) is 52.4 Å². The summed E-state index contributed by atoms with van der Waals surface area (Å²) >= 11 is 3.18. The monoisotopic (exact) mass is 359 g/mol. The molecule has 0 aliphatic carbocycles. The summed E-state index contributed by atoms with van der Waals surface area (Å²) in [4.78, 5) is 3.71. The van der Waals surface area contributed by atoms with E-state index in [9.17, 15) is 12.8 Å². The first kappa shape index (κ1) is 14.9. The van der Waals surface area contributed by atoms with Crippen molar-refractivity contribution in [3.8, 4) is 0 Å². The number of sulfonamides is 1. The van der Waals surface area contributed by atoms with Crippen LogP contribution in [0.5, 0.6) is 0 Å². The van der Waals surface area contributed by atoms with Gasteiger partial charge in [0, 0.05) is 12.7 Å². The van der Waals surface area contributed by atoms with Gasteiger partial charge in [0.2, 0.25) is 0 Å². The quantitative estimate of drug-likeness (QED) is 0.876. The van der Waals surface area contributed by atoms with Crippen molar-refractivity contribution in [2.45, 2.75) is 11.4 Å². The fourth-order valence-electron chi connectivity index (χ4n) is 1.59. The maximum atomic E-state index is 13.3. The Bertz CT molecular complexity index is 737. The maximum Gasteiger partial charge on any atom is 0.263 e. The smallest absolute Gasteiger partial charge is 0.263 e. The number of nitrogens with one attached hydrogen (secondary N) is 1. The van der Waals surface area contributed by atoms with Gasteiger partial charge >= 0.3 is 0 Å². The second kappa shape index (κ2) is 5.86. The van der Waals surface area contributed by atoms with Crippen LogP contribution in [-0.4, -0.2) is 13.4 Å². The van der Waals surface area contributed by atoms with Crippen LogP contribution in [-0.2, 0) is 16.6 Å². The van der Waals surface area contributed by atoms with E-state index >= 15 is 0 Å². The third kappa shape index (κ3) is 3.14. The molecule has 1 aromatic heterocycles. The van der Waals surface area contributed by atoms with Crippen LogP contribution in [0.1, 0.15) is 5.56 Å². The van der Waals surface area contributed by atoms with Gasteiger partial charge < -0.3 is 5.73 Å². The summed E-state index contributed by atoms with van der Waals surface area (Å²) in [5.74, 6) is -0.526. The molecule has 106 valence electrons. The number of nitrogens with two attached hydrogens (primary N) is 1. The Labute approximate surface area is 124 Å². The molecule has 2 aromatic rings. The highest BCUT2D eigenvalue weighted by Gasteiger charge is 2.20. The Morgan fingerprint density at radius 3 is 2.75 bits per heavy atom. The van der Waals surface area contributed by atoms with Gasteiger partial charge in [-0.1, -0.05) is 6.07 Å². The minimum Gasteiger partial charge on any atom is -0.326 e. The van der Waals surface area contributed by atoms with Gasteiger partial charge in [-0.25, -0.2) is 17.8 Å². The van der Waals surface area contributed by atoms with Crippen molar-refractivity contribution < 1.29 is 12.8 Å². The van der Waals surface area contributed by atoms with Crippen LogP contribution < -0.4 is 10.5 Å². The van der Waals surface area contributed by atoms with Gasteiger partial charge in [0.05, 0.1) is 9.37 Å². The summed E-state index contributed by atoms with van der Waals surface area (Å²) in [5.41, 5.74) is 5.81. The standard InChI is InChI=1S/C12H11BrFN3O2S/c13-10-2-1-5-16-12(10)17-20(18,19)11-6-9(14)4-3-8(11)7-15/h1-6H,7,15H2,(H,16,17). The summed E-state index contributed by atoms with van der Waals surface area (Å²) in [5, 5.41) is 0. The van der Waals surface area contributed by atoms with Gasteiger partial charge in [0.15, 0.2) is 5.82 Å². The van der Waals surface area contributed by atoms with Crippen molar-refractivity contribution in [3.63, 3.8) is 0 Å². The molecule has 0 aliphatic heterocycles. The molecule has 0 saturated heterocycles. The summed E-state index contributed by atoms with van der Waals surface area (Å²) in [6, 6.07) is 6.73. The Morgan fingerprint density at radius 2 is 2.10 bits per heavy atom. The fraction of sp³-hybridized carbons (Fsp3) is 0.0833. The Balaban J connectivity index is 2.46. The maximum absolute atomic E-state index is 13.3. The second-order valence-electron chi connectivity index (χ2n) is 3.90. The molecule has 8 heteroatoms. The molecular weight excluding hydrogens is 349 g/mol. The van der Waals surface area contributed by atoms with Crippen LogP contribution in [0.2, 0.25) is 0 Å². The van der Waals surface area contributed by atoms with Gasteiger partial charge in [-0.2, -0.15) is 0 Å². The molecule has 0 radical (unpaired) electrons. The number of halogens is 2. The zero-order valence-corrected chi connectivity index (χ0v) is 12.6. The van der Waals surface area contributed by atoms with Crippen LogP contribution >= 0.6 is 15.9 Å². The van der Waals surface area contributed by atoms with Crippen molar-refractivity contribution in [2.75, 3.05) is 4.72 Å². The highest BCUT2D eigenvalue weighted by Crippen LogP contribution is 2.24. The van der Waals surface area contributed by atoms with Crippen LogP contribution in [0.25, 0.3) is 0 Å². The number of nitrogens with zero attached hydrogens (tertiary/aromatic N) is 1. The zero-order chi connectivity index (χ0) is 14.8. The number of anilines is 1. The van der Waals surface area contributed by atoms with Crippen molar-refractivity contribution >= 4 is 31.8 Å². The molecule has 0 atom stereocenters. The van der Waals surface area contributed by atoms with Crippen LogP contribution in [0.4, 0.5) is 10.2 Å². The van der Waals surface area contributed by atoms with Gasteiger partial charge in [-0.3, -0.25) is 4.72 Å². The molecule has 0 unspecified atom stereocenters. The van der Waals surface area contributed by atoms with E-state index in [4.69, 9.17) is 5.73 Å². The highest BCUT2D eigenvalue weighted by molar-refractivity contribution is 9.10. The second-order valence-corrected chi connectivity index (χ2v) is 6.40. The first-order chi connectivity index (χ1) is 9.44. The minimum absolute atomic E-state index is 0.0140. The van der Waals surface area contributed by atoms with E-state index in [1.165, 1.54) is 12.3 Å². The van der Waals surface area contributed by atoms with Gasteiger partial charge in [0.1, 0.15) is 5.82 Å². The lowest BCUT2D eigenvalue weighted by atomic mass is 10.2. The Morgan fingerprint density at radius 1 is 1.35 bits per heavy atom. The third-order valence-electron chi connectivity index (χ3n) is 2.53. The lowest BCUT2D eigenvalue weighted by Crippen LogP contribution is -2.17. The predicted molar refractivity (Wildman–Crippen MR) is 77.0 cm³/mol. The van der Waals surface area contributed by atoms with E-state index < -0.39 is 15.8 Å². The van der Waals surface area contributed by atoms with Crippen LogP contribution in [0.15, 0.2) is 45.9 Å². The van der Waals surface area contributed by atoms with Gasteiger partial charge in [-0.05, 0) is 45.8 Å². The molecule has 2 rings (SSSR count). The molecule has 0 amide bonds. The summed E-state index contributed by atoms with van der Waals surface area (Å²) in [7, 11) is -3.96. The first-order valence-electron chi connectivity index (χ1n) is 5.56. The highest BCUT2D eigenvalue weighted by atomic mass is 79.9. The molecule has 1 aromatic carbocycles. The molecule has 0 bridgehead atoms. The molecule has 3 N–H and O–H groups in total. The molecule has 0 fully saturated rings. The predicted octanol–water partition coefficient (Wildman–Crippen LogP) is 2.24. The van der Waals surface area contributed by atoms with E-state index in [0.717, 1.165) is 12.1 Å². The number of rotatable bonds is 4. The SMILES string of the molecule is NCc1ccc(F)cc1S(=O)(=O)Nc1ncccc1Br. The van der Waals surface area contributed by atoms with Gasteiger partial charge in [-0.15, -0.1) is 0 Å². The third-order valence-corrected chi connectivity index (χ3v) is 4.59. The molecule has 20 heavy (non-hydrogen) atoms. The lowest BCUT2D eigenvalue weighted by molar-refractivity contribution is 0.593. The van der Waals surface area contributed by atoms with E-state index in [1.54, 1.807) is 12.1 Å². The lowest BCUT2D eigenvalue weighted by Gasteiger charge is -2.11. The van der Waals surface area contributed by atoms with Crippen molar-refractivity contribution in [1.82, 2.24) is 4.98 Å². The van der Waals surface area contributed by atoms with E-state index in [0.29, 0.717) is 10.0 Å². The topological polar surface area (TPSA) is 85.1 Å². The molecule has 0 spiro atoms. The minimum atomic E-state index is -3.96. The summed E-state index contributed by atoms with van der Waals surface area (Å²) in [6.07, 6.45) is 1.44. The average Bonchev–Trinajstić information content (AvgIpc) is 2.41. The van der Waals surface area contributed by atoms with Crippen molar-refractivity contribution in [2.24, 2.45) is 5.73 Å². The number of aromatic nitrogens is 1. The number of benzene rings is 1.